The van der Waals surface area contributed by atoms with Gasteiger partial charge in [0.15, 0.2) is 0 Å². The highest BCUT2D eigenvalue weighted by Crippen LogP contribution is 2.31. The molecule has 0 radical (unpaired) electrons. The summed E-state index contributed by atoms with van der Waals surface area (Å²) >= 11 is 0. The van der Waals surface area contributed by atoms with Crippen LogP contribution in [0.1, 0.15) is 27.0 Å². The Labute approximate surface area is 194 Å². The second kappa shape index (κ2) is 9.38. The van der Waals surface area contributed by atoms with Gasteiger partial charge in [0.2, 0.25) is 0 Å². The lowest BCUT2D eigenvalue weighted by Crippen LogP contribution is -2.14. The molecule has 1 amide bonds. The van der Waals surface area contributed by atoms with Gasteiger partial charge in [-0.3, -0.25) is 14.5 Å². The summed E-state index contributed by atoms with van der Waals surface area (Å²) in [5.41, 5.74) is 3.88. The first-order valence-corrected chi connectivity index (χ1v) is 10.5. The van der Waals surface area contributed by atoms with E-state index in [4.69, 9.17) is 0 Å². The van der Waals surface area contributed by atoms with Gasteiger partial charge in [0, 0.05) is 54.7 Å². The number of nitrogens with zero attached hydrogens (tertiary/aromatic N) is 3. The van der Waals surface area contributed by atoms with E-state index in [-0.39, 0.29) is 5.69 Å². The predicted octanol–water partition coefficient (Wildman–Crippen LogP) is 5.67. The van der Waals surface area contributed by atoms with Crippen LogP contribution in [0.5, 0.6) is 0 Å². The zero-order chi connectivity index (χ0) is 24.3. The Balaban J connectivity index is 1.47. The third kappa shape index (κ3) is 5.43. The Hall–Kier alpha value is -4.14. The molecule has 2 aromatic carbocycles. The Kier molecular flexibility index (Phi) is 6.36. The van der Waals surface area contributed by atoms with Gasteiger partial charge in [-0.05, 0) is 60.5 Å². The van der Waals surface area contributed by atoms with Crippen molar-refractivity contribution in [2.45, 2.75) is 19.6 Å². The summed E-state index contributed by atoms with van der Waals surface area (Å²) in [4.78, 5) is 17.0. The van der Waals surface area contributed by atoms with Gasteiger partial charge in [-0.1, -0.05) is 12.1 Å². The van der Waals surface area contributed by atoms with Crippen molar-refractivity contribution in [3.8, 4) is 11.3 Å². The highest BCUT2D eigenvalue weighted by atomic mass is 19.4. The highest BCUT2D eigenvalue weighted by molar-refractivity contribution is 6.05. The fraction of sp³-hybridized carbons (Fsp3) is 0.160. The summed E-state index contributed by atoms with van der Waals surface area (Å²) in [6.45, 7) is 2.37. The van der Waals surface area contributed by atoms with E-state index in [2.05, 4.69) is 20.7 Å². The average molecular weight is 465 g/mol. The van der Waals surface area contributed by atoms with Gasteiger partial charge in [-0.2, -0.15) is 18.3 Å². The molecule has 174 valence electrons. The van der Waals surface area contributed by atoms with Crippen LogP contribution in [0.25, 0.3) is 11.3 Å². The quantitative estimate of drug-likeness (QED) is 0.385. The number of hydrogen-bond donors (Lipinski definition) is 2. The van der Waals surface area contributed by atoms with E-state index >= 15 is 0 Å². The molecule has 0 bridgehead atoms. The van der Waals surface area contributed by atoms with E-state index in [1.807, 2.05) is 32.3 Å². The number of anilines is 2. The maximum absolute atomic E-state index is 12.9. The molecule has 4 aromatic rings. The number of halogens is 3. The number of pyridine rings is 1. The minimum Gasteiger partial charge on any atom is -0.381 e. The third-order valence-corrected chi connectivity index (χ3v) is 5.23. The van der Waals surface area contributed by atoms with Crippen molar-refractivity contribution < 1.29 is 18.0 Å². The molecular formula is C25H22F3N5O. The van der Waals surface area contributed by atoms with E-state index in [0.717, 1.165) is 40.2 Å². The minimum absolute atomic E-state index is 0.0762. The molecule has 0 spiro atoms. The summed E-state index contributed by atoms with van der Waals surface area (Å²) in [6, 6.07) is 13.5. The fourth-order valence-corrected chi connectivity index (χ4v) is 3.42. The lowest BCUT2D eigenvalue weighted by Gasteiger charge is -2.13. The Bertz CT molecular complexity index is 1330. The van der Waals surface area contributed by atoms with Crippen LogP contribution in [0.3, 0.4) is 0 Å². The van der Waals surface area contributed by atoms with Gasteiger partial charge >= 0.3 is 6.18 Å². The first kappa shape index (κ1) is 23.0. The van der Waals surface area contributed by atoms with Crippen LogP contribution < -0.4 is 10.6 Å². The number of carbonyl (C=O) groups excluding carboxylic acids is 1. The van der Waals surface area contributed by atoms with Crippen LogP contribution in [-0.4, -0.2) is 20.7 Å². The number of amides is 1. The van der Waals surface area contributed by atoms with Crippen molar-refractivity contribution in [2.24, 2.45) is 7.05 Å². The van der Waals surface area contributed by atoms with Crippen LogP contribution in [-0.2, 0) is 19.8 Å². The molecule has 9 heteroatoms. The molecule has 2 aromatic heterocycles. The SMILES string of the molecule is Cc1ccc(C(=O)Nc2cccc(C(F)(F)F)c2)cc1NCc1cncc(-c2ccn(C)n2)c1. The van der Waals surface area contributed by atoms with E-state index in [1.54, 1.807) is 35.3 Å². The largest absolute Gasteiger partial charge is 0.416 e. The zero-order valence-corrected chi connectivity index (χ0v) is 18.5. The predicted molar refractivity (Wildman–Crippen MR) is 124 cm³/mol. The molecule has 34 heavy (non-hydrogen) atoms. The van der Waals surface area contributed by atoms with Crippen LogP contribution in [0, 0.1) is 6.92 Å². The Morgan fingerprint density at radius 3 is 2.62 bits per heavy atom. The molecule has 0 aliphatic rings. The minimum atomic E-state index is -4.48. The van der Waals surface area contributed by atoms with Gasteiger partial charge in [-0.25, -0.2) is 0 Å². The van der Waals surface area contributed by atoms with Crippen molar-refractivity contribution in [1.29, 1.82) is 0 Å². The van der Waals surface area contributed by atoms with Gasteiger partial charge in [0.1, 0.15) is 0 Å². The van der Waals surface area contributed by atoms with E-state index < -0.39 is 17.6 Å². The highest BCUT2D eigenvalue weighted by Gasteiger charge is 2.30. The summed E-state index contributed by atoms with van der Waals surface area (Å²) < 4.78 is 40.6. The van der Waals surface area contributed by atoms with Gasteiger partial charge < -0.3 is 10.6 Å². The summed E-state index contributed by atoms with van der Waals surface area (Å²) in [7, 11) is 1.85. The van der Waals surface area contributed by atoms with Crippen molar-refractivity contribution in [3.63, 3.8) is 0 Å². The van der Waals surface area contributed by atoms with E-state index in [9.17, 15) is 18.0 Å². The summed E-state index contributed by atoms with van der Waals surface area (Å²) in [5.74, 6) is -0.499. The molecule has 6 nitrogen and oxygen atoms in total. The van der Waals surface area contributed by atoms with Crippen molar-refractivity contribution in [3.05, 3.63) is 95.4 Å². The van der Waals surface area contributed by atoms with Gasteiger partial charge in [0.25, 0.3) is 5.91 Å². The van der Waals surface area contributed by atoms with Gasteiger partial charge in [-0.15, -0.1) is 0 Å². The summed E-state index contributed by atoms with van der Waals surface area (Å²) in [5, 5.41) is 10.2. The van der Waals surface area contributed by atoms with Crippen LogP contribution in [0.4, 0.5) is 24.5 Å². The molecule has 0 fully saturated rings. The Morgan fingerprint density at radius 1 is 1.06 bits per heavy atom. The number of nitrogens with one attached hydrogen (secondary N) is 2. The monoisotopic (exact) mass is 465 g/mol. The molecule has 2 heterocycles. The molecule has 0 saturated heterocycles. The first-order valence-electron chi connectivity index (χ1n) is 10.5. The standard InChI is InChI=1S/C25H22F3N5O/c1-16-6-7-18(24(34)31-21-5-3-4-20(12-21)25(26,27)28)11-23(16)30-14-17-10-19(15-29-13-17)22-8-9-33(2)32-22/h3-13,15,30H,14H2,1-2H3,(H,31,34). The van der Waals surface area contributed by atoms with Crippen molar-refractivity contribution in [1.82, 2.24) is 14.8 Å². The molecule has 4 rings (SSSR count). The van der Waals surface area contributed by atoms with Crippen molar-refractivity contribution in [2.75, 3.05) is 10.6 Å². The lowest BCUT2D eigenvalue weighted by atomic mass is 10.1. The molecular weight excluding hydrogens is 443 g/mol. The van der Waals surface area contributed by atoms with Crippen LogP contribution >= 0.6 is 0 Å². The Morgan fingerprint density at radius 2 is 1.88 bits per heavy atom. The molecule has 2 N–H and O–H groups in total. The molecule has 0 aliphatic heterocycles. The second-order valence-corrected chi connectivity index (χ2v) is 7.87. The number of carbonyl (C=O) groups is 1. The fourth-order valence-electron chi connectivity index (χ4n) is 3.42. The average Bonchev–Trinajstić information content (AvgIpc) is 3.24. The molecule has 0 aliphatic carbocycles. The third-order valence-electron chi connectivity index (χ3n) is 5.23. The van der Waals surface area contributed by atoms with Gasteiger partial charge in [0.05, 0.1) is 11.3 Å². The second-order valence-electron chi connectivity index (χ2n) is 7.87. The normalized spacial score (nSPS) is 11.3. The maximum Gasteiger partial charge on any atom is 0.416 e. The van der Waals surface area contributed by atoms with E-state index in [1.165, 1.54) is 12.1 Å². The van der Waals surface area contributed by atoms with Crippen molar-refractivity contribution >= 4 is 17.3 Å². The number of benzene rings is 2. The van der Waals surface area contributed by atoms with E-state index in [0.29, 0.717) is 12.1 Å². The van der Waals surface area contributed by atoms with Crippen LogP contribution in [0.15, 0.2) is 73.2 Å². The lowest BCUT2D eigenvalue weighted by molar-refractivity contribution is -0.137. The summed E-state index contributed by atoms with van der Waals surface area (Å²) in [6.07, 6.45) is 0.874. The zero-order valence-electron chi connectivity index (χ0n) is 18.5. The van der Waals surface area contributed by atoms with Crippen LogP contribution in [0.2, 0.25) is 0 Å². The number of aromatic nitrogens is 3. The maximum atomic E-state index is 12.9. The topological polar surface area (TPSA) is 71.8 Å². The molecule has 0 atom stereocenters. The number of alkyl halides is 3. The number of aryl methyl sites for hydroxylation is 2. The first-order chi connectivity index (χ1) is 16.2. The number of hydrogen-bond acceptors (Lipinski definition) is 4. The number of rotatable bonds is 6. The smallest absolute Gasteiger partial charge is 0.381 e. The molecule has 0 unspecified atom stereocenters. The molecule has 0 saturated carbocycles.